The Kier molecular flexibility index (Phi) is 7.78. The van der Waals surface area contributed by atoms with Crippen molar-refractivity contribution in [3.8, 4) is 0 Å². The van der Waals surface area contributed by atoms with Crippen molar-refractivity contribution < 1.29 is 4.74 Å². The van der Waals surface area contributed by atoms with E-state index < -0.39 is 0 Å². The van der Waals surface area contributed by atoms with Crippen LogP contribution in [0, 0.1) is 0 Å². The van der Waals surface area contributed by atoms with Gasteiger partial charge in [-0.05, 0) is 51.1 Å². The molecule has 3 saturated heterocycles. The van der Waals surface area contributed by atoms with Crippen LogP contribution in [0.5, 0.6) is 0 Å². The maximum atomic E-state index is 5.97. The lowest BCUT2D eigenvalue weighted by Crippen LogP contribution is -2.48. The second-order valence-corrected chi connectivity index (χ2v) is 7.83. The average molecular weight is 484 g/mol. The standard InChI is InChI=1S/C21H32N4O.HI/c1-2-22-21(24-19-13-18-10-11-20(19)26-18)23-14-17-9-6-12-25(17)15-16-7-4-3-5-8-16;/h3-5,7-8,17-20H,2,6,9-15H2,1H3,(H2,22,23,24);1H. The van der Waals surface area contributed by atoms with E-state index >= 15 is 0 Å². The molecule has 5 nitrogen and oxygen atoms in total. The number of halogens is 1. The number of nitrogens with one attached hydrogen (secondary N) is 2. The number of likely N-dealkylation sites (tertiary alicyclic amines) is 1. The van der Waals surface area contributed by atoms with Gasteiger partial charge in [-0.25, -0.2) is 0 Å². The second-order valence-electron chi connectivity index (χ2n) is 7.83. The maximum Gasteiger partial charge on any atom is 0.191 e. The SMILES string of the molecule is CCNC(=NCC1CCCN1Cc1ccccc1)NC1CC2CCC1O2.I. The summed E-state index contributed by atoms with van der Waals surface area (Å²) in [4.78, 5) is 7.52. The molecule has 6 heteroatoms. The zero-order valence-corrected chi connectivity index (χ0v) is 18.6. The minimum absolute atomic E-state index is 0. The number of fused-ring (bicyclic) bond motifs is 2. The molecule has 0 aromatic heterocycles. The first kappa shape index (κ1) is 20.9. The minimum atomic E-state index is 0. The summed E-state index contributed by atoms with van der Waals surface area (Å²) in [5.41, 5.74) is 1.40. The summed E-state index contributed by atoms with van der Waals surface area (Å²) in [5, 5.41) is 7.05. The molecule has 4 atom stereocenters. The molecule has 2 bridgehead atoms. The lowest BCUT2D eigenvalue weighted by Gasteiger charge is -2.25. The smallest absolute Gasteiger partial charge is 0.191 e. The van der Waals surface area contributed by atoms with Crippen LogP contribution in [0.25, 0.3) is 0 Å². The number of benzene rings is 1. The zero-order valence-electron chi connectivity index (χ0n) is 16.3. The Balaban J connectivity index is 0.00000210. The van der Waals surface area contributed by atoms with Crippen LogP contribution in [0.15, 0.2) is 35.3 Å². The van der Waals surface area contributed by atoms with Crippen molar-refractivity contribution in [2.45, 2.75) is 69.9 Å². The third-order valence-electron chi connectivity index (χ3n) is 5.96. The van der Waals surface area contributed by atoms with Crippen LogP contribution in [0.1, 0.15) is 44.6 Å². The van der Waals surface area contributed by atoms with E-state index in [1.54, 1.807) is 0 Å². The third kappa shape index (κ3) is 5.35. The predicted molar refractivity (Wildman–Crippen MR) is 121 cm³/mol. The topological polar surface area (TPSA) is 48.9 Å². The lowest BCUT2D eigenvalue weighted by molar-refractivity contribution is 0.0992. The van der Waals surface area contributed by atoms with Gasteiger partial charge in [0.1, 0.15) is 0 Å². The summed E-state index contributed by atoms with van der Waals surface area (Å²) in [6.07, 6.45) is 6.91. The molecule has 0 radical (unpaired) electrons. The number of rotatable bonds is 6. The van der Waals surface area contributed by atoms with Gasteiger partial charge in [0.2, 0.25) is 0 Å². The van der Waals surface area contributed by atoms with Gasteiger partial charge < -0.3 is 15.4 Å². The Hall–Kier alpha value is -0.860. The van der Waals surface area contributed by atoms with Gasteiger partial charge in [0.25, 0.3) is 0 Å². The monoisotopic (exact) mass is 484 g/mol. The number of hydrogen-bond donors (Lipinski definition) is 2. The van der Waals surface area contributed by atoms with Gasteiger partial charge in [-0.2, -0.15) is 0 Å². The summed E-state index contributed by atoms with van der Waals surface area (Å²) >= 11 is 0. The van der Waals surface area contributed by atoms with Crippen molar-refractivity contribution >= 4 is 29.9 Å². The van der Waals surface area contributed by atoms with E-state index in [1.807, 2.05) is 0 Å². The van der Waals surface area contributed by atoms with E-state index in [0.29, 0.717) is 24.3 Å². The molecule has 27 heavy (non-hydrogen) atoms. The molecule has 2 N–H and O–H groups in total. The van der Waals surface area contributed by atoms with Gasteiger partial charge in [-0.3, -0.25) is 9.89 Å². The largest absolute Gasteiger partial charge is 0.373 e. The Bertz CT molecular complexity index is 611. The maximum absolute atomic E-state index is 5.97. The first-order valence-electron chi connectivity index (χ1n) is 10.3. The fraction of sp³-hybridized carbons (Fsp3) is 0.667. The van der Waals surface area contributed by atoms with E-state index in [2.05, 4.69) is 52.8 Å². The first-order chi connectivity index (χ1) is 12.8. The van der Waals surface area contributed by atoms with Gasteiger partial charge in [0, 0.05) is 19.1 Å². The Morgan fingerprint density at radius 2 is 2.07 bits per heavy atom. The van der Waals surface area contributed by atoms with Gasteiger partial charge in [-0.1, -0.05) is 30.3 Å². The summed E-state index contributed by atoms with van der Waals surface area (Å²) < 4.78 is 5.97. The van der Waals surface area contributed by atoms with E-state index in [-0.39, 0.29) is 24.0 Å². The molecule has 0 amide bonds. The number of aliphatic imine (C=N–C) groups is 1. The number of hydrogen-bond acceptors (Lipinski definition) is 3. The molecule has 3 fully saturated rings. The van der Waals surface area contributed by atoms with Crippen LogP contribution in [-0.2, 0) is 11.3 Å². The summed E-state index contributed by atoms with van der Waals surface area (Å²) in [6.45, 7) is 6.10. The fourth-order valence-electron chi connectivity index (χ4n) is 4.61. The lowest BCUT2D eigenvalue weighted by atomic mass is 9.96. The molecule has 4 rings (SSSR count). The van der Waals surface area contributed by atoms with Crippen LogP contribution < -0.4 is 10.6 Å². The van der Waals surface area contributed by atoms with E-state index in [9.17, 15) is 0 Å². The normalized spacial score (nSPS) is 30.3. The number of nitrogens with zero attached hydrogens (tertiary/aromatic N) is 2. The van der Waals surface area contributed by atoms with E-state index in [4.69, 9.17) is 9.73 Å². The average Bonchev–Trinajstić information content (AvgIpc) is 3.38. The molecule has 1 aromatic carbocycles. The minimum Gasteiger partial charge on any atom is -0.373 e. The molecule has 0 saturated carbocycles. The molecule has 0 aliphatic carbocycles. The van der Waals surface area contributed by atoms with Gasteiger partial charge in [0.15, 0.2) is 5.96 Å². The molecular weight excluding hydrogens is 451 g/mol. The van der Waals surface area contributed by atoms with Crippen LogP contribution in [-0.4, -0.2) is 54.8 Å². The molecule has 3 heterocycles. The van der Waals surface area contributed by atoms with Crippen molar-refractivity contribution in [2.75, 3.05) is 19.6 Å². The Morgan fingerprint density at radius 1 is 1.22 bits per heavy atom. The Morgan fingerprint density at radius 3 is 2.78 bits per heavy atom. The highest BCUT2D eigenvalue weighted by Gasteiger charge is 2.41. The van der Waals surface area contributed by atoms with Crippen LogP contribution in [0.4, 0.5) is 0 Å². The molecule has 3 aliphatic rings. The van der Waals surface area contributed by atoms with Crippen molar-refractivity contribution in [3.05, 3.63) is 35.9 Å². The predicted octanol–water partition coefficient (Wildman–Crippen LogP) is 3.14. The van der Waals surface area contributed by atoms with Crippen molar-refractivity contribution in [1.82, 2.24) is 15.5 Å². The van der Waals surface area contributed by atoms with Crippen LogP contribution in [0.2, 0.25) is 0 Å². The molecule has 0 spiro atoms. The van der Waals surface area contributed by atoms with E-state index in [1.165, 1.54) is 37.8 Å². The van der Waals surface area contributed by atoms with Gasteiger partial charge in [-0.15, -0.1) is 24.0 Å². The van der Waals surface area contributed by atoms with Crippen LogP contribution in [0.3, 0.4) is 0 Å². The van der Waals surface area contributed by atoms with Gasteiger partial charge >= 0.3 is 0 Å². The van der Waals surface area contributed by atoms with Gasteiger partial charge in [0.05, 0.1) is 24.8 Å². The summed E-state index contributed by atoms with van der Waals surface area (Å²) in [5.74, 6) is 0.959. The third-order valence-corrected chi connectivity index (χ3v) is 5.96. The molecule has 150 valence electrons. The zero-order chi connectivity index (χ0) is 17.8. The number of guanidine groups is 1. The highest BCUT2D eigenvalue weighted by molar-refractivity contribution is 14.0. The highest BCUT2D eigenvalue weighted by atomic mass is 127. The molecule has 4 unspecified atom stereocenters. The van der Waals surface area contributed by atoms with E-state index in [0.717, 1.165) is 32.0 Å². The highest BCUT2D eigenvalue weighted by Crippen LogP contribution is 2.34. The summed E-state index contributed by atoms with van der Waals surface area (Å²) in [6, 6.07) is 11.8. The van der Waals surface area contributed by atoms with Crippen LogP contribution >= 0.6 is 24.0 Å². The fourth-order valence-corrected chi connectivity index (χ4v) is 4.61. The molecule has 1 aromatic rings. The van der Waals surface area contributed by atoms with Crippen molar-refractivity contribution in [3.63, 3.8) is 0 Å². The molecular formula is C21H33IN4O. The van der Waals surface area contributed by atoms with Crippen molar-refractivity contribution in [2.24, 2.45) is 4.99 Å². The quantitative estimate of drug-likeness (QED) is 0.370. The summed E-state index contributed by atoms with van der Waals surface area (Å²) in [7, 11) is 0. The Labute approximate surface area is 180 Å². The second kappa shape index (κ2) is 10.1. The number of ether oxygens (including phenoxy) is 1. The first-order valence-corrected chi connectivity index (χ1v) is 10.3. The molecule has 3 aliphatic heterocycles. The van der Waals surface area contributed by atoms with Crippen molar-refractivity contribution in [1.29, 1.82) is 0 Å².